The van der Waals surface area contributed by atoms with Crippen molar-refractivity contribution in [2.75, 3.05) is 21.3 Å². The summed E-state index contributed by atoms with van der Waals surface area (Å²) in [6, 6.07) is 5.30. The van der Waals surface area contributed by atoms with E-state index in [9.17, 15) is 9.90 Å². The topological polar surface area (TPSA) is 65.0 Å². The predicted octanol–water partition coefficient (Wildman–Crippen LogP) is 2.72. The van der Waals surface area contributed by atoms with Gasteiger partial charge in [-0.3, -0.25) is 4.79 Å². The van der Waals surface area contributed by atoms with Crippen molar-refractivity contribution >= 4 is 5.97 Å². The molecule has 3 rings (SSSR count). The molecule has 3 unspecified atom stereocenters. The number of ether oxygens (including phenoxy) is 3. The molecule has 0 radical (unpaired) electrons. The normalized spacial score (nSPS) is 30.1. The van der Waals surface area contributed by atoms with Crippen LogP contribution >= 0.6 is 0 Å². The van der Waals surface area contributed by atoms with Crippen molar-refractivity contribution in [2.24, 2.45) is 17.3 Å². The van der Waals surface area contributed by atoms with Crippen molar-refractivity contribution in [3.63, 3.8) is 0 Å². The number of carbonyl (C=O) groups is 1. The van der Waals surface area contributed by atoms with Crippen molar-refractivity contribution in [1.82, 2.24) is 0 Å². The third-order valence-electron chi connectivity index (χ3n) is 5.60. The van der Waals surface area contributed by atoms with E-state index in [2.05, 4.69) is 0 Å². The van der Waals surface area contributed by atoms with Gasteiger partial charge in [0.1, 0.15) is 5.41 Å². The Morgan fingerprint density at radius 3 is 2.26 bits per heavy atom. The largest absolute Gasteiger partial charge is 0.493 e. The summed E-state index contributed by atoms with van der Waals surface area (Å²) in [5, 5.41) is 11.0. The summed E-state index contributed by atoms with van der Waals surface area (Å²) in [4.78, 5) is 12.5. The highest BCUT2D eigenvalue weighted by molar-refractivity contribution is 5.83. The van der Waals surface area contributed by atoms with Crippen LogP contribution in [0.2, 0.25) is 0 Å². The van der Waals surface area contributed by atoms with Gasteiger partial charge in [0, 0.05) is 0 Å². The highest BCUT2D eigenvalue weighted by Crippen LogP contribution is 2.71. The summed E-state index contributed by atoms with van der Waals surface area (Å²) in [6.45, 7) is 0. The molecule has 0 spiro atoms. The summed E-state index contributed by atoms with van der Waals surface area (Å²) in [7, 11) is 4.52. The Bertz CT molecular complexity index is 585. The quantitative estimate of drug-likeness (QED) is 0.845. The molecule has 1 N–H and O–H groups in total. The van der Waals surface area contributed by atoms with Crippen molar-refractivity contribution in [2.45, 2.75) is 31.8 Å². The van der Waals surface area contributed by atoms with Gasteiger partial charge in [-0.2, -0.15) is 0 Å². The summed E-state index contributed by atoms with van der Waals surface area (Å²) < 4.78 is 15.6. The number of rotatable bonds is 5. The molecule has 5 heteroatoms. The van der Waals surface area contributed by atoms with Crippen molar-refractivity contribution in [1.29, 1.82) is 0 Å². The first-order valence-corrected chi connectivity index (χ1v) is 8.09. The maximum atomic E-state index is 12.5. The summed E-state index contributed by atoms with van der Waals surface area (Å²) in [5.74, 6) is 1.28. The molecule has 23 heavy (non-hydrogen) atoms. The molecule has 0 heterocycles. The van der Waals surface area contributed by atoms with E-state index in [0.29, 0.717) is 17.1 Å². The van der Waals surface area contributed by atoms with E-state index in [1.807, 2.05) is 0 Å². The van der Waals surface area contributed by atoms with Gasteiger partial charge in [0.05, 0.1) is 27.4 Å². The van der Waals surface area contributed by atoms with E-state index >= 15 is 0 Å². The third-order valence-corrected chi connectivity index (χ3v) is 5.60. The number of esters is 1. The first-order chi connectivity index (χ1) is 11.1. The first kappa shape index (κ1) is 16.1. The molecule has 2 fully saturated rings. The molecule has 126 valence electrons. The van der Waals surface area contributed by atoms with Gasteiger partial charge in [-0.1, -0.05) is 18.9 Å². The van der Waals surface area contributed by atoms with Crippen LogP contribution in [0.25, 0.3) is 0 Å². The number of aliphatic hydroxyl groups excluding tert-OH is 1. The fourth-order valence-corrected chi connectivity index (χ4v) is 4.47. The number of hydrogen-bond donors (Lipinski definition) is 1. The molecule has 0 amide bonds. The van der Waals surface area contributed by atoms with Crippen molar-refractivity contribution in [3.05, 3.63) is 23.8 Å². The average molecular weight is 320 g/mol. The SMILES string of the molecule is COC(=O)C1(C(O)c2ccc(OC)c(OC)c2)C2CCCCC21. The Balaban J connectivity index is 1.97. The molecule has 1 aromatic carbocycles. The lowest BCUT2D eigenvalue weighted by Gasteiger charge is -2.23. The van der Waals surface area contributed by atoms with Gasteiger partial charge < -0.3 is 19.3 Å². The molecule has 0 aromatic heterocycles. The number of fused-ring (bicyclic) bond motifs is 1. The van der Waals surface area contributed by atoms with Crippen LogP contribution in [0.15, 0.2) is 18.2 Å². The van der Waals surface area contributed by atoms with Crippen LogP contribution in [0.4, 0.5) is 0 Å². The van der Waals surface area contributed by atoms with E-state index < -0.39 is 11.5 Å². The Morgan fingerprint density at radius 1 is 1.13 bits per heavy atom. The van der Waals surface area contributed by atoms with Crippen LogP contribution < -0.4 is 9.47 Å². The predicted molar refractivity (Wildman–Crippen MR) is 84.4 cm³/mol. The Morgan fingerprint density at radius 2 is 1.74 bits per heavy atom. The van der Waals surface area contributed by atoms with Gasteiger partial charge in [-0.15, -0.1) is 0 Å². The van der Waals surface area contributed by atoms with Crippen LogP contribution in [0.3, 0.4) is 0 Å². The first-order valence-electron chi connectivity index (χ1n) is 8.09. The molecule has 0 saturated heterocycles. The number of aliphatic hydroxyl groups is 1. The van der Waals surface area contributed by atoms with Crippen LogP contribution in [0, 0.1) is 17.3 Å². The second-order valence-corrected chi connectivity index (χ2v) is 6.44. The second kappa shape index (κ2) is 6.04. The zero-order chi connectivity index (χ0) is 16.6. The number of hydrogen-bond acceptors (Lipinski definition) is 5. The molecule has 5 nitrogen and oxygen atoms in total. The standard InChI is InChI=1S/C18H24O5/c1-21-14-9-8-11(10-15(14)22-2)16(19)18(17(20)23-3)12-6-4-5-7-13(12)18/h8-10,12-13,16,19H,4-7H2,1-3H3. The van der Waals surface area contributed by atoms with Crippen molar-refractivity contribution < 1.29 is 24.1 Å². The molecule has 2 aliphatic carbocycles. The Hall–Kier alpha value is -1.75. The highest BCUT2D eigenvalue weighted by Gasteiger charge is 2.73. The molecule has 0 bridgehead atoms. The molecule has 3 atom stereocenters. The van der Waals surface area contributed by atoms with Gasteiger partial charge in [-0.05, 0) is 42.4 Å². The zero-order valence-corrected chi connectivity index (χ0v) is 13.9. The number of carbonyl (C=O) groups excluding carboxylic acids is 1. The minimum Gasteiger partial charge on any atom is -0.493 e. The van der Waals surface area contributed by atoms with Crippen LogP contribution in [0.5, 0.6) is 11.5 Å². The zero-order valence-electron chi connectivity index (χ0n) is 13.9. The average Bonchev–Trinajstić information content (AvgIpc) is 3.29. The monoisotopic (exact) mass is 320 g/mol. The van der Waals surface area contributed by atoms with Crippen molar-refractivity contribution in [3.8, 4) is 11.5 Å². The molecule has 1 aromatic rings. The third kappa shape index (κ3) is 2.29. The lowest BCUT2D eigenvalue weighted by molar-refractivity contribution is -0.154. The lowest BCUT2D eigenvalue weighted by atomic mass is 9.88. The Kier molecular flexibility index (Phi) is 4.23. The number of methoxy groups -OCH3 is 3. The second-order valence-electron chi connectivity index (χ2n) is 6.44. The molecule has 2 saturated carbocycles. The van der Waals surface area contributed by atoms with Crippen LogP contribution in [0.1, 0.15) is 37.4 Å². The minimum atomic E-state index is -0.886. The molecule has 2 aliphatic rings. The summed E-state index contributed by atoms with van der Waals surface area (Å²) in [6.07, 6.45) is 3.29. The van der Waals surface area contributed by atoms with E-state index in [0.717, 1.165) is 25.7 Å². The van der Waals surface area contributed by atoms with Crippen LogP contribution in [-0.2, 0) is 9.53 Å². The van der Waals surface area contributed by atoms with Gasteiger partial charge in [0.15, 0.2) is 11.5 Å². The van der Waals surface area contributed by atoms with Gasteiger partial charge in [0.25, 0.3) is 0 Å². The van der Waals surface area contributed by atoms with Gasteiger partial charge in [0.2, 0.25) is 0 Å². The fourth-order valence-electron chi connectivity index (χ4n) is 4.47. The van der Waals surface area contributed by atoms with Gasteiger partial charge >= 0.3 is 5.97 Å². The van der Waals surface area contributed by atoms with E-state index in [4.69, 9.17) is 14.2 Å². The van der Waals surface area contributed by atoms with E-state index in [1.54, 1.807) is 32.4 Å². The summed E-state index contributed by atoms with van der Waals surface area (Å²) in [5.41, 5.74) is -0.132. The maximum absolute atomic E-state index is 12.5. The lowest BCUT2D eigenvalue weighted by Crippen LogP contribution is -2.29. The molecular weight excluding hydrogens is 296 g/mol. The van der Waals surface area contributed by atoms with E-state index in [1.165, 1.54) is 7.11 Å². The van der Waals surface area contributed by atoms with Crippen LogP contribution in [-0.4, -0.2) is 32.4 Å². The fraction of sp³-hybridized carbons (Fsp3) is 0.611. The Labute approximate surface area is 136 Å². The highest BCUT2D eigenvalue weighted by atomic mass is 16.5. The smallest absolute Gasteiger partial charge is 0.315 e. The summed E-state index contributed by atoms with van der Waals surface area (Å²) >= 11 is 0. The van der Waals surface area contributed by atoms with E-state index in [-0.39, 0.29) is 17.8 Å². The number of benzene rings is 1. The minimum absolute atomic E-state index is 0.215. The molecular formula is C18H24O5. The van der Waals surface area contributed by atoms with Gasteiger partial charge in [-0.25, -0.2) is 0 Å². The molecule has 0 aliphatic heterocycles. The maximum Gasteiger partial charge on any atom is 0.315 e.